The summed E-state index contributed by atoms with van der Waals surface area (Å²) >= 11 is 0. The molecular weight excluding hydrogens is 1180 g/mol. The lowest BCUT2D eigenvalue weighted by Gasteiger charge is -2.46. The van der Waals surface area contributed by atoms with Gasteiger partial charge in [-0.3, -0.25) is 4.79 Å². The first-order chi connectivity index (χ1) is 46.1. The Hall–Kier alpha value is -1.01. The number of unbranched alkanes of at least 4 members (excludes halogenated alkanes) is 58. The van der Waals surface area contributed by atoms with Crippen molar-refractivity contribution in [2.75, 3.05) is 19.8 Å². The van der Waals surface area contributed by atoms with Gasteiger partial charge in [-0.05, 0) is 12.8 Å². The third-order valence-electron chi connectivity index (χ3n) is 20.8. The van der Waals surface area contributed by atoms with Gasteiger partial charge in [0.1, 0.15) is 48.8 Å². The normalized spacial score (nSPS) is 22.3. The first-order valence-corrected chi connectivity index (χ1v) is 41.3. The molecule has 1 amide bonds. The van der Waals surface area contributed by atoms with Crippen molar-refractivity contribution in [2.24, 2.45) is 0 Å². The average molecular weight is 1340 g/mol. The third kappa shape index (κ3) is 47.9. The number of aliphatic hydroxyl groups excluding tert-OH is 8. The molecule has 2 aliphatic rings. The van der Waals surface area contributed by atoms with Crippen LogP contribution in [0.2, 0.25) is 0 Å². The molecular formula is C80H157NO13. The molecule has 560 valence electrons. The molecule has 9 N–H and O–H groups in total. The van der Waals surface area contributed by atoms with Gasteiger partial charge >= 0.3 is 0 Å². The largest absolute Gasteiger partial charge is 0.394 e. The second kappa shape index (κ2) is 65.3. The molecule has 2 fully saturated rings. The molecule has 0 radical (unpaired) electrons. The quantitative estimate of drug-likeness (QED) is 0.0259. The molecule has 0 spiro atoms. The standard InChI is InChI=1S/C80H157NO13/c1-3-5-7-9-11-13-15-17-19-21-23-25-27-29-31-33-34-35-36-38-40-42-44-46-48-50-52-54-56-58-60-62-64-72(85)81-68(67-91-79-77(90)75(88)78(71(66-83)93-79)94-80-76(89)74(87)73(86)70(65-82)92-80)69(84)63-61-59-57-55-53-51-49-47-45-43-41-39-37-32-30-28-26-24-22-20-18-16-14-12-10-8-6-4-2/h68-71,73-80,82-84,86-90H,3-67H2,1-2H3,(H,81,85). The van der Waals surface area contributed by atoms with Crippen LogP contribution in [0.1, 0.15) is 412 Å². The maximum atomic E-state index is 13.4. The van der Waals surface area contributed by atoms with Crippen molar-refractivity contribution in [1.29, 1.82) is 0 Å². The third-order valence-corrected chi connectivity index (χ3v) is 20.8. The van der Waals surface area contributed by atoms with Gasteiger partial charge in [-0.25, -0.2) is 0 Å². The van der Waals surface area contributed by atoms with Gasteiger partial charge in [-0.2, -0.15) is 0 Å². The molecule has 0 aromatic rings. The first-order valence-electron chi connectivity index (χ1n) is 41.3. The van der Waals surface area contributed by atoms with E-state index in [2.05, 4.69) is 19.2 Å². The van der Waals surface area contributed by atoms with Crippen molar-refractivity contribution in [3.05, 3.63) is 0 Å². The summed E-state index contributed by atoms with van der Waals surface area (Å²) in [5.41, 5.74) is 0. The summed E-state index contributed by atoms with van der Waals surface area (Å²) in [7, 11) is 0. The van der Waals surface area contributed by atoms with E-state index in [4.69, 9.17) is 18.9 Å². The Balaban J connectivity index is 1.59. The number of ether oxygens (including phenoxy) is 4. The van der Waals surface area contributed by atoms with Crippen LogP contribution in [-0.2, 0) is 23.7 Å². The molecule has 12 atom stereocenters. The highest BCUT2D eigenvalue weighted by atomic mass is 16.7. The van der Waals surface area contributed by atoms with E-state index < -0.39 is 86.8 Å². The lowest BCUT2D eigenvalue weighted by molar-refractivity contribution is -0.359. The number of carbonyl (C=O) groups is 1. The zero-order chi connectivity index (χ0) is 68.0. The number of amides is 1. The molecule has 0 aromatic heterocycles. The van der Waals surface area contributed by atoms with Crippen LogP contribution in [0.4, 0.5) is 0 Å². The highest BCUT2D eigenvalue weighted by Gasteiger charge is 2.51. The maximum Gasteiger partial charge on any atom is 0.220 e. The Morgan fingerprint density at radius 3 is 0.904 bits per heavy atom. The van der Waals surface area contributed by atoms with E-state index in [1.165, 1.54) is 334 Å². The van der Waals surface area contributed by atoms with Gasteiger partial charge in [0.15, 0.2) is 12.6 Å². The van der Waals surface area contributed by atoms with Gasteiger partial charge in [0.25, 0.3) is 0 Å². The van der Waals surface area contributed by atoms with Crippen LogP contribution in [0, 0.1) is 0 Å². The van der Waals surface area contributed by atoms with Crippen LogP contribution in [0.5, 0.6) is 0 Å². The SMILES string of the molecule is CCCCCCCCCCCCCCCCCCCCCCCCCCCCCCCCCCC(=O)NC(COC1OC(CO)C(OC2OC(CO)C(O)C(O)C2O)C(O)C1O)C(O)CCCCCCCCCCCCCCCCCCCCCCCCCCCCCC. The average Bonchev–Trinajstić information content (AvgIpc) is 0.794. The molecule has 0 bridgehead atoms. The summed E-state index contributed by atoms with van der Waals surface area (Å²) in [5.74, 6) is -0.194. The summed E-state index contributed by atoms with van der Waals surface area (Å²) in [5, 5.41) is 87.9. The highest BCUT2D eigenvalue weighted by Crippen LogP contribution is 2.31. The summed E-state index contributed by atoms with van der Waals surface area (Å²) in [6.45, 7) is 2.95. The Morgan fingerprint density at radius 2 is 0.606 bits per heavy atom. The van der Waals surface area contributed by atoms with Crippen molar-refractivity contribution in [3.8, 4) is 0 Å². The molecule has 12 unspecified atom stereocenters. The van der Waals surface area contributed by atoms with Crippen molar-refractivity contribution in [3.63, 3.8) is 0 Å². The van der Waals surface area contributed by atoms with E-state index in [-0.39, 0.29) is 12.5 Å². The zero-order valence-corrected chi connectivity index (χ0v) is 61.5. The van der Waals surface area contributed by atoms with E-state index in [1.807, 2.05) is 0 Å². The molecule has 94 heavy (non-hydrogen) atoms. The molecule has 0 saturated carbocycles. The second-order valence-electron chi connectivity index (χ2n) is 29.6. The van der Waals surface area contributed by atoms with E-state index >= 15 is 0 Å². The van der Waals surface area contributed by atoms with Crippen LogP contribution in [0.25, 0.3) is 0 Å². The predicted octanol–water partition coefficient (Wildman–Crippen LogP) is 18.7. The van der Waals surface area contributed by atoms with Crippen LogP contribution in [0.15, 0.2) is 0 Å². The molecule has 14 heteroatoms. The van der Waals surface area contributed by atoms with Crippen molar-refractivity contribution >= 4 is 5.91 Å². The first kappa shape index (κ1) is 89.1. The van der Waals surface area contributed by atoms with Gasteiger partial charge < -0.3 is 65.1 Å². The molecule has 0 aliphatic carbocycles. The minimum atomic E-state index is -1.78. The summed E-state index contributed by atoms with van der Waals surface area (Å²) in [4.78, 5) is 13.4. The smallest absolute Gasteiger partial charge is 0.220 e. The molecule has 2 rings (SSSR count). The Labute approximate surface area is 578 Å². The monoisotopic (exact) mass is 1340 g/mol. The summed E-state index contributed by atoms with van der Waals surface area (Å²) < 4.78 is 23.0. The van der Waals surface area contributed by atoms with Crippen molar-refractivity contribution in [1.82, 2.24) is 5.32 Å². The van der Waals surface area contributed by atoms with Gasteiger partial charge in [-0.15, -0.1) is 0 Å². The van der Waals surface area contributed by atoms with Gasteiger partial charge in [-0.1, -0.05) is 393 Å². The fourth-order valence-electron chi connectivity index (χ4n) is 14.3. The van der Waals surface area contributed by atoms with E-state index in [0.29, 0.717) is 12.8 Å². The Morgan fingerprint density at radius 1 is 0.340 bits per heavy atom. The minimum Gasteiger partial charge on any atom is -0.394 e. The second-order valence-corrected chi connectivity index (χ2v) is 29.6. The highest BCUT2D eigenvalue weighted by molar-refractivity contribution is 5.76. The van der Waals surface area contributed by atoms with Gasteiger partial charge in [0.2, 0.25) is 5.91 Å². The number of hydrogen-bond acceptors (Lipinski definition) is 13. The summed E-state index contributed by atoms with van der Waals surface area (Å²) in [6, 6.07) is -0.826. The molecule has 0 aromatic carbocycles. The van der Waals surface area contributed by atoms with E-state index in [0.717, 1.165) is 51.4 Å². The lowest BCUT2D eigenvalue weighted by atomic mass is 9.97. The van der Waals surface area contributed by atoms with Gasteiger partial charge in [0.05, 0.1) is 32.0 Å². The topological polar surface area (TPSA) is 228 Å². The van der Waals surface area contributed by atoms with E-state index in [9.17, 15) is 45.6 Å². The van der Waals surface area contributed by atoms with Crippen molar-refractivity contribution in [2.45, 2.75) is 485 Å². The molecule has 2 aliphatic heterocycles. The van der Waals surface area contributed by atoms with Crippen LogP contribution in [0.3, 0.4) is 0 Å². The molecule has 2 heterocycles. The van der Waals surface area contributed by atoms with Crippen molar-refractivity contribution < 1.29 is 64.6 Å². The molecule has 14 nitrogen and oxygen atoms in total. The molecule has 2 saturated heterocycles. The number of aliphatic hydroxyl groups is 8. The number of rotatable bonds is 71. The predicted molar refractivity (Wildman–Crippen MR) is 388 cm³/mol. The lowest BCUT2D eigenvalue weighted by Crippen LogP contribution is -2.65. The fourth-order valence-corrected chi connectivity index (χ4v) is 14.3. The maximum absolute atomic E-state index is 13.4. The minimum absolute atomic E-state index is 0.194. The number of hydrogen-bond donors (Lipinski definition) is 9. The number of nitrogens with one attached hydrogen (secondary N) is 1. The van der Waals surface area contributed by atoms with E-state index in [1.54, 1.807) is 0 Å². The summed E-state index contributed by atoms with van der Waals surface area (Å²) in [6.07, 6.45) is 64.4. The number of carbonyl (C=O) groups excluding carboxylic acids is 1. The van der Waals surface area contributed by atoms with Crippen LogP contribution in [-0.4, -0.2) is 140 Å². The Kier molecular flexibility index (Phi) is 61.9. The van der Waals surface area contributed by atoms with Crippen LogP contribution < -0.4 is 5.32 Å². The van der Waals surface area contributed by atoms with Crippen LogP contribution >= 0.6 is 0 Å². The Bertz CT molecular complexity index is 1580. The van der Waals surface area contributed by atoms with Gasteiger partial charge in [0, 0.05) is 6.42 Å². The fraction of sp³-hybridized carbons (Fsp3) is 0.988. The zero-order valence-electron chi connectivity index (χ0n) is 61.5.